The lowest BCUT2D eigenvalue weighted by molar-refractivity contribution is 0.623. The van der Waals surface area contributed by atoms with E-state index in [0.717, 1.165) is 50.4 Å². The fourth-order valence-electron chi connectivity index (χ4n) is 3.33. The predicted molar refractivity (Wildman–Crippen MR) is 122 cm³/mol. The minimum Gasteiger partial charge on any atom is -0.369 e. The third-order valence-corrected chi connectivity index (χ3v) is 4.70. The highest BCUT2D eigenvalue weighted by Crippen LogP contribution is 2.19. The Morgan fingerprint density at radius 2 is 2.00 bits per heavy atom. The zero-order valence-corrected chi connectivity index (χ0v) is 18.0. The summed E-state index contributed by atoms with van der Waals surface area (Å²) in [6.45, 7) is 2.84. The number of halogens is 2. The van der Waals surface area contributed by atoms with Gasteiger partial charge in [-0.1, -0.05) is 30.3 Å². The molecule has 0 aliphatic carbocycles. The van der Waals surface area contributed by atoms with Crippen LogP contribution in [-0.2, 0) is 6.42 Å². The van der Waals surface area contributed by atoms with Gasteiger partial charge in [0.25, 0.3) is 0 Å². The van der Waals surface area contributed by atoms with Crippen LogP contribution in [0.5, 0.6) is 0 Å². The van der Waals surface area contributed by atoms with Crippen LogP contribution < -0.4 is 15.5 Å². The third-order valence-electron chi connectivity index (χ3n) is 4.70. The van der Waals surface area contributed by atoms with Gasteiger partial charge in [-0.3, -0.25) is 4.99 Å². The highest BCUT2D eigenvalue weighted by atomic mass is 127. The monoisotopic (exact) mass is 482 g/mol. The second-order valence-corrected chi connectivity index (χ2v) is 6.64. The first-order chi connectivity index (χ1) is 12.7. The van der Waals surface area contributed by atoms with E-state index in [4.69, 9.17) is 0 Å². The number of anilines is 1. The SMILES string of the molecule is CN=C(NCCCc1cccc(F)c1)NC1CCN(c2ccccc2)C1.I. The van der Waals surface area contributed by atoms with Crippen LogP contribution in [0.4, 0.5) is 10.1 Å². The Morgan fingerprint density at radius 1 is 1.19 bits per heavy atom. The Morgan fingerprint density at radius 3 is 2.74 bits per heavy atom. The van der Waals surface area contributed by atoms with Crippen LogP contribution >= 0.6 is 24.0 Å². The normalized spacial score (nSPS) is 16.7. The topological polar surface area (TPSA) is 39.7 Å². The quantitative estimate of drug-likeness (QED) is 0.285. The number of benzene rings is 2. The van der Waals surface area contributed by atoms with E-state index < -0.39 is 0 Å². The van der Waals surface area contributed by atoms with Gasteiger partial charge in [-0.05, 0) is 49.1 Å². The van der Waals surface area contributed by atoms with Gasteiger partial charge in [0, 0.05) is 38.4 Å². The fraction of sp³-hybridized carbons (Fsp3) is 0.381. The van der Waals surface area contributed by atoms with E-state index in [1.165, 1.54) is 11.8 Å². The Hall–Kier alpha value is -1.83. The maximum atomic E-state index is 13.2. The molecule has 1 heterocycles. The van der Waals surface area contributed by atoms with E-state index in [-0.39, 0.29) is 29.8 Å². The number of nitrogens with one attached hydrogen (secondary N) is 2. The van der Waals surface area contributed by atoms with Crippen LogP contribution in [0.3, 0.4) is 0 Å². The number of guanidine groups is 1. The molecule has 1 atom stereocenters. The van der Waals surface area contributed by atoms with E-state index in [2.05, 4.69) is 44.8 Å². The molecule has 1 aliphatic rings. The third kappa shape index (κ3) is 6.68. The molecule has 0 radical (unpaired) electrons. The van der Waals surface area contributed by atoms with Crippen LogP contribution in [0.15, 0.2) is 59.6 Å². The summed E-state index contributed by atoms with van der Waals surface area (Å²) in [6, 6.07) is 17.7. The van der Waals surface area contributed by atoms with E-state index in [1.807, 2.05) is 12.1 Å². The summed E-state index contributed by atoms with van der Waals surface area (Å²) in [5, 5.41) is 6.87. The molecule has 3 rings (SSSR count). The van der Waals surface area contributed by atoms with Crippen molar-refractivity contribution in [1.82, 2.24) is 10.6 Å². The Bertz CT molecular complexity index is 723. The highest BCUT2D eigenvalue weighted by molar-refractivity contribution is 14.0. The Labute approximate surface area is 178 Å². The summed E-state index contributed by atoms with van der Waals surface area (Å²) in [4.78, 5) is 6.72. The Kier molecular flexibility index (Phi) is 8.84. The lowest BCUT2D eigenvalue weighted by Crippen LogP contribution is -2.44. The van der Waals surface area contributed by atoms with Gasteiger partial charge in [0.15, 0.2) is 5.96 Å². The lowest BCUT2D eigenvalue weighted by atomic mass is 10.1. The fourth-order valence-corrected chi connectivity index (χ4v) is 3.33. The van der Waals surface area contributed by atoms with Gasteiger partial charge in [0.2, 0.25) is 0 Å². The van der Waals surface area contributed by atoms with Gasteiger partial charge >= 0.3 is 0 Å². The van der Waals surface area contributed by atoms with E-state index in [0.29, 0.717) is 6.04 Å². The van der Waals surface area contributed by atoms with E-state index >= 15 is 0 Å². The maximum Gasteiger partial charge on any atom is 0.191 e. The van der Waals surface area contributed by atoms with Crippen LogP contribution in [0.1, 0.15) is 18.4 Å². The van der Waals surface area contributed by atoms with Crippen LogP contribution in [-0.4, -0.2) is 38.7 Å². The molecule has 0 spiro atoms. The van der Waals surface area contributed by atoms with E-state index in [9.17, 15) is 4.39 Å². The highest BCUT2D eigenvalue weighted by Gasteiger charge is 2.23. The van der Waals surface area contributed by atoms with Gasteiger partial charge in [-0.15, -0.1) is 24.0 Å². The summed E-state index contributed by atoms with van der Waals surface area (Å²) in [7, 11) is 1.80. The summed E-state index contributed by atoms with van der Waals surface area (Å²) < 4.78 is 13.2. The zero-order chi connectivity index (χ0) is 18.2. The van der Waals surface area contributed by atoms with Crippen molar-refractivity contribution in [2.45, 2.75) is 25.3 Å². The van der Waals surface area contributed by atoms with Crippen molar-refractivity contribution in [2.75, 3.05) is 31.6 Å². The number of aliphatic imine (C=N–C) groups is 1. The minimum atomic E-state index is -0.169. The number of nitrogens with zero attached hydrogens (tertiary/aromatic N) is 2. The van der Waals surface area contributed by atoms with E-state index in [1.54, 1.807) is 19.2 Å². The second kappa shape index (κ2) is 11.1. The molecule has 1 unspecified atom stereocenters. The molecule has 0 saturated carbocycles. The van der Waals surface area contributed by atoms with Gasteiger partial charge < -0.3 is 15.5 Å². The van der Waals surface area contributed by atoms with Gasteiger partial charge in [-0.2, -0.15) is 0 Å². The molecule has 0 bridgehead atoms. The number of para-hydroxylation sites is 1. The first-order valence-corrected chi connectivity index (χ1v) is 9.26. The van der Waals surface area contributed by atoms with Gasteiger partial charge in [-0.25, -0.2) is 4.39 Å². The standard InChI is InChI=1S/C21H27FN4.HI/c1-23-21(24-13-6-8-17-7-5-9-18(22)15-17)25-19-12-14-26(16-19)20-10-3-2-4-11-20;/h2-5,7,9-11,15,19H,6,8,12-14,16H2,1H3,(H2,23,24,25);1H. The number of hydrogen-bond donors (Lipinski definition) is 2. The second-order valence-electron chi connectivity index (χ2n) is 6.64. The van der Waals surface area contributed by atoms with Crippen molar-refractivity contribution in [3.05, 3.63) is 66.0 Å². The molecule has 0 aromatic heterocycles. The molecule has 2 N–H and O–H groups in total. The summed E-state index contributed by atoms with van der Waals surface area (Å²) in [6.07, 6.45) is 2.89. The lowest BCUT2D eigenvalue weighted by Gasteiger charge is -2.20. The van der Waals surface area contributed by atoms with Crippen molar-refractivity contribution in [3.8, 4) is 0 Å². The van der Waals surface area contributed by atoms with Crippen molar-refractivity contribution in [1.29, 1.82) is 0 Å². The molecule has 146 valence electrons. The molecule has 2 aromatic carbocycles. The molecular formula is C21H28FIN4. The molecule has 2 aromatic rings. The first kappa shape index (κ1) is 21.5. The summed E-state index contributed by atoms with van der Waals surface area (Å²) >= 11 is 0. The number of aryl methyl sites for hydroxylation is 1. The van der Waals surface area contributed by atoms with Crippen molar-refractivity contribution in [2.24, 2.45) is 4.99 Å². The molecule has 1 saturated heterocycles. The molecular weight excluding hydrogens is 454 g/mol. The van der Waals surface area contributed by atoms with Crippen LogP contribution in [0, 0.1) is 5.82 Å². The molecule has 4 nitrogen and oxygen atoms in total. The smallest absolute Gasteiger partial charge is 0.191 e. The van der Waals surface area contributed by atoms with Gasteiger partial charge in [0.1, 0.15) is 5.82 Å². The number of hydrogen-bond acceptors (Lipinski definition) is 2. The van der Waals surface area contributed by atoms with Gasteiger partial charge in [0.05, 0.1) is 0 Å². The largest absolute Gasteiger partial charge is 0.369 e. The minimum absolute atomic E-state index is 0. The van der Waals surface area contributed by atoms with Crippen LogP contribution in [0.2, 0.25) is 0 Å². The summed E-state index contributed by atoms with van der Waals surface area (Å²) in [5.41, 5.74) is 2.30. The molecule has 0 amide bonds. The van der Waals surface area contributed by atoms with Crippen molar-refractivity contribution in [3.63, 3.8) is 0 Å². The average Bonchev–Trinajstić information content (AvgIpc) is 3.13. The van der Waals surface area contributed by atoms with Crippen LogP contribution in [0.25, 0.3) is 0 Å². The molecule has 6 heteroatoms. The zero-order valence-electron chi connectivity index (χ0n) is 15.7. The molecule has 27 heavy (non-hydrogen) atoms. The van der Waals surface area contributed by atoms with Crippen molar-refractivity contribution < 1.29 is 4.39 Å². The first-order valence-electron chi connectivity index (χ1n) is 9.26. The number of rotatable bonds is 6. The maximum absolute atomic E-state index is 13.2. The molecule has 1 aliphatic heterocycles. The Balaban J connectivity index is 0.00000261. The average molecular weight is 482 g/mol. The summed E-state index contributed by atoms with van der Waals surface area (Å²) in [5.74, 6) is 0.668. The molecule has 1 fully saturated rings. The van der Waals surface area contributed by atoms with Crippen molar-refractivity contribution >= 4 is 35.6 Å². The predicted octanol–water partition coefficient (Wildman–Crippen LogP) is 3.82.